The number of unbranched alkanes of at least 4 members (excludes halogenated alkanes) is 2. The Hall–Kier alpha value is 0.270. The highest BCUT2D eigenvalue weighted by molar-refractivity contribution is 7.99. The van der Waals surface area contributed by atoms with E-state index in [-0.39, 0.29) is 0 Å². The second kappa shape index (κ2) is 7.55. The van der Waals surface area contributed by atoms with E-state index in [9.17, 15) is 0 Å². The zero-order valence-corrected chi connectivity index (χ0v) is 10.0. The Morgan fingerprint density at radius 1 is 1.50 bits per heavy atom. The summed E-state index contributed by atoms with van der Waals surface area (Å²) < 4.78 is 5.33. The van der Waals surface area contributed by atoms with Gasteiger partial charge in [0.2, 0.25) is 0 Å². The Kier molecular flexibility index (Phi) is 6.65. The van der Waals surface area contributed by atoms with Gasteiger partial charge in [0.15, 0.2) is 0 Å². The SMILES string of the molecule is CCCCCSCC(N)C1CCOC1. The number of rotatable bonds is 7. The van der Waals surface area contributed by atoms with Gasteiger partial charge in [0.1, 0.15) is 0 Å². The molecule has 2 unspecified atom stereocenters. The summed E-state index contributed by atoms with van der Waals surface area (Å²) >= 11 is 2.01. The first kappa shape index (κ1) is 12.3. The highest BCUT2D eigenvalue weighted by Crippen LogP contribution is 2.18. The van der Waals surface area contributed by atoms with E-state index in [0.29, 0.717) is 12.0 Å². The summed E-state index contributed by atoms with van der Waals surface area (Å²) in [6.45, 7) is 4.04. The number of hydrogen-bond donors (Lipinski definition) is 1. The van der Waals surface area contributed by atoms with Crippen LogP contribution in [0.2, 0.25) is 0 Å². The molecule has 0 radical (unpaired) electrons. The lowest BCUT2D eigenvalue weighted by Gasteiger charge is -2.16. The van der Waals surface area contributed by atoms with E-state index in [0.717, 1.165) is 25.4 Å². The summed E-state index contributed by atoms with van der Waals surface area (Å²) in [5.41, 5.74) is 6.09. The number of thioether (sulfide) groups is 1. The zero-order chi connectivity index (χ0) is 10.2. The highest BCUT2D eigenvalue weighted by Gasteiger charge is 2.22. The second-order valence-corrected chi connectivity index (χ2v) is 5.22. The molecule has 2 nitrogen and oxygen atoms in total. The standard InChI is InChI=1S/C11H23NOS/c1-2-3-4-7-14-9-11(12)10-5-6-13-8-10/h10-11H,2-9,12H2,1H3. The Bertz CT molecular complexity index is 137. The number of hydrogen-bond acceptors (Lipinski definition) is 3. The molecule has 3 heteroatoms. The summed E-state index contributed by atoms with van der Waals surface area (Å²) in [7, 11) is 0. The molecule has 1 fully saturated rings. The van der Waals surface area contributed by atoms with E-state index in [4.69, 9.17) is 10.5 Å². The third-order valence-electron chi connectivity index (χ3n) is 2.77. The number of nitrogens with two attached hydrogens (primary N) is 1. The maximum Gasteiger partial charge on any atom is 0.0510 e. The van der Waals surface area contributed by atoms with Crippen LogP contribution in [0.25, 0.3) is 0 Å². The Morgan fingerprint density at radius 3 is 3.00 bits per heavy atom. The van der Waals surface area contributed by atoms with Gasteiger partial charge in [-0.15, -0.1) is 0 Å². The minimum atomic E-state index is 0.351. The molecule has 1 saturated heterocycles. The van der Waals surface area contributed by atoms with Crippen molar-refractivity contribution in [2.24, 2.45) is 11.7 Å². The predicted molar refractivity (Wildman–Crippen MR) is 63.8 cm³/mol. The van der Waals surface area contributed by atoms with Crippen molar-refractivity contribution in [3.63, 3.8) is 0 Å². The summed E-state index contributed by atoms with van der Waals surface area (Å²) in [6, 6.07) is 0.351. The molecule has 0 aromatic carbocycles. The Morgan fingerprint density at radius 2 is 2.36 bits per heavy atom. The van der Waals surface area contributed by atoms with E-state index >= 15 is 0 Å². The van der Waals surface area contributed by atoms with Crippen LogP contribution in [-0.4, -0.2) is 30.8 Å². The predicted octanol–water partition coefficient (Wildman–Crippen LogP) is 2.27. The molecule has 0 aromatic rings. The topological polar surface area (TPSA) is 35.2 Å². The van der Waals surface area contributed by atoms with Gasteiger partial charge in [-0.25, -0.2) is 0 Å². The van der Waals surface area contributed by atoms with E-state index in [1.165, 1.54) is 25.0 Å². The molecule has 1 heterocycles. The van der Waals surface area contributed by atoms with Gasteiger partial charge in [-0.1, -0.05) is 19.8 Å². The van der Waals surface area contributed by atoms with Gasteiger partial charge in [-0.05, 0) is 18.6 Å². The van der Waals surface area contributed by atoms with Crippen LogP contribution in [0.15, 0.2) is 0 Å². The van der Waals surface area contributed by atoms with E-state index in [1.807, 2.05) is 11.8 Å². The van der Waals surface area contributed by atoms with Crippen LogP contribution < -0.4 is 5.73 Å². The zero-order valence-electron chi connectivity index (χ0n) is 9.21. The van der Waals surface area contributed by atoms with Crippen molar-refractivity contribution in [2.75, 3.05) is 24.7 Å². The minimum Gasteiger partial charge on any atom is -0.381 e. The van der Waals surface area contributed by atoms with Gasteiger partial charge in [0, 0.05) is 24.3 Å². The van der Waals surface area contributed by atoms with Gasteiger partial charge in [-0.3, -0.25) is 0 Å². The van der Waals surface area contributed by atoms with Crippen molar-refractivity contribution >= 4 is 11.8 Å². The van der Waals surface area contributed by atoms with Crippen molar-refractivity contribution in [2.45, 2.75) is 38.6 Å². The molecule has 1 aliphatic heterocycles. The quantitative estimate of drug-likeness (QED) is 0.664. The first-order valence-corrected chi connectivity index (χ1v) is 6.91. The molecule has 1 aliphatic rings. The molecule has 84 valence electrons. The van der Waals surface area contributed by atoms with Crippen LogP contribution in [0.3, 0.4) is 0 Å². The minimum absolute atomic E-state index is 0.351. The van der Waals surface area contributed by atoms with Gasteiger partial charge >= 0.3 is 0 Å². The fourth-order valence-corrected chi connectivity index (χ4v) is 2.82. The molecular weight excluding hydrogens is 194 g/mol. The maximum absolute atomic E-state index is 6.09. The first-order chi connectivity index (χ1) is 6.84. The highest BCUT2D eigenvalue weighted by atomic mass is 32.2. The van der Waals surface area contributed by atoms with Crippen LogP contribution in [-0.2, 0) is 4.74 Å². The normalized spacial score (nSPS) is 24.0. The van der Waals surface area contributed by atoms with Crippen LogP contribution in [0.4, 0.5) is 0 Å². The van der Waals surface area contributed by atoms with Crippen molar-refractivity contribution in [3.05, 3.63) is 0 Å². The van der Waals surface area contributed by atoms with E-state index < -0.39 is 0 Å². The fraction of sp³-hybridized carbons (Fsp3) is 1.00. The van der Waals surface area contributed by atoms with Gasteiger partial charge in [0.25, 0.3) is 0 Å². The summed E-state index contributed by atoms with van der Waals surface area (Å²) in [4.78, 5) is 0. The van der Waals surface area contributed by atoms with Crippen LogP contribution in [0.1, 0.15) is 32.6 Å². The molecular formula is C11H23NOS. The lowest BCUT2D eigenvalue weighted by molar-refractivity contribution is 0.182. The van der Waals surface area contributed by atoms with Crippen LogP contribution in [0.5, 0.6) is 0 Å². The van der Waals surface area contributed by atoms with Gasteiger partial charge in [0.05, 0.1) is 6.61 Å². The monoisotopic (exact) mass is 217 g/mol. The molecule has 0 bridgehead atoms. The molecule has 0 aromatic heterocycles. The Balaban J connectivity index is 1.94. The summed E-state index contributed by atoms with van der Waals surface area (Å²) in [6.07, 6.45) is 5.17. The molecule has 0 aliphatic carbocycles. The average Bonchev–Trinajstić information content (AvgIpc) is 2.70. The summed E-state index contributed by atoms with van der Waals surface area (Å²) in [5.74, 6) is 3.00. The summed E-state index contributed by atoms with van der Waals surface area (Å²) in [5, 5.41) is 0. The van der Waals surface area contributed by atoms with Crippen molar-refractivity contribution in [1.29, 1.82) is 0 Å². The molecule has 0 saturated carbocycles. The van der Waals surface area contributed by atoms with E-state index in [1.54, 1.807) is 0 Å². The molecule has 0 amide bonds. The molecule has 1 rings (SSSR count). The number of ether oxygens (including phenoxy) is 1. The van der Waals surface area contributed by atoms with E-state index in [2.05, 4.69) is 6.92 Å². The lowest BCUT2D eigenvalue weighted by atomic mass is 10.0. The molecule has 14 heavy (non-hydrogen) atoms. The lowest BCUT2D eigenvalue weighted by Crippen LogP contribution is -2.32. The Labute approximate surface area is 92.0 Å². The fourth-order valence-electron chi connectivity index (χ4n) is 1.70. The second-order valence-electron chi connectivity index (χ2n) is 4.07. The van der Waals surface area contributed by atoms with Crippen LogP contribution in [0, 0.1) is 5.92 Å². The average molecular weight is 217 g/mol. The van der Waals surface area contributed by atoms with Crippen molar-refractivity contribution in [3.8, 4) is 0 Å². The largest absolute Gasteiger partial charge is 0.381 e. The smallest absolute Gasteiger partial charge is 0.0510 e. The third-order valence-corrected chi connectivity index (χ3v) is 3.97. The molecule has 0 spiro atoms. The van der Waals surface area contributed by atoms with Crippen molar-refractivity contribution < 1.29 is 4.74 Å². The van der Waals surface area contributed by atoms with Crippen LogP contribution >= 0.6 is 11.8 Å². The molecule has 2 N–H and O–H groups in total. The van der Waals surface area contributed by atoms with Crippen molar-refractivity contribution in [1.82, 2.24) is 0 Å². The van der Waals surface area contributed by atoms with Gasteiger partial charge < -0.3 is 10.5 Å². The third kappa shape index (κ3) is 4.67. The van der Waals surface area contributed by atoms with Gasteiger partial charge in [-0.2, -0.15) is 11.8 Å². The first-order valence-electron chi connectivity index (χ1n) is 5.75. The maximum atomic E-state index is 6.09. The molecule has 2 atom stereocenters.